The van der Waals surface area contributed by atoms with Gasteiger partial charge in [-0.2, -0.15) is 0 Å². The lowest BCUT2D eigenvalue weighted by Crippen LogP contribution is -2.48. The lowest BCUT2D eigenvalue weighted by molar-refractivity contribution is 0.00867. The first-order chi connectivity index (χ1) is 12.8. The van der Waals surface area contributed by atoms with Crippen LogP contribution in [-0.4, -0.2) is 94.9 Å². The van der Waals surface area contributed by atoms with Gasteiger partial charge in [-0.05, 0) is 19.3 Å². The molecule has 8 nitrogen and oxygen atoms in total. The molecule has 0 radical (unpaired) electrons. The molecule has 0 aromatic heterocycles. The van der Waals surface area contributed by atoms with Crippen molar-refractivity contribution in [3.05, 3.63) is 0 Å². The minimum absolute atomic E-state index is 0. The number of hydrogen-bond acceptors (Lipinski definition) is 5. The van der Waals surface area contributed by atoms with E-state index in [0.29, 0.717) is 31.6 Å². The first kappa shape index (κ1) is 27.8. The molecule has 1 aliphatic heterocycles. The summed E-state index contributed by atoms with van der Waals surface area (Å²) < 4.78 is 30.2. The second-order valence-corrected chi connectivity index (χ2v) is 9.20. The van der Waals surface area contributed by atoms with E-state index in [4.69, 9.17) is 9.73 Å². The number of nitrogens with zero attached hydrogens (tertiary/aromatic N) is 3. The quantitative estimate of drug-likeness (QED) is 0.180. The van der Waals surface area contributed by atoms with E-state index < -0.39 is 10.0 Å². The minimum Gasteiger partial charge on any atom is -0.379 e. The first-order valence-electron chi connectivity index (χ1n) is 10.1. The average molecular weight is 534 g/mol. The Morgan fingerprint density at radius 3 is 2.36 bits per heavy atom. The summed E-state index contributed by atoms with van der Waals surface area (Å²) in [7, 11) is -3.13. The zero-order valence-electron chi connectivity index (χ0n) is 18.1. The lowest BCUT2D eigenvalue weighted by atomic mass is 10.0. The van der Waals surface area contributed by atoms with Gasteiger partial charge in [-0.25, -0.2) is 12.7 Å². The molecule has 1 unspecified atom stereocenters. The predicted molar refractivity (Wildman–Crippen MR) is 127 cm³/mol. The molecule has 1 heterocycles. The predicted octanol–water partition coefficient (Wildman–Crippen LogP) is 1.19. The molecule has 1 rings (SSSR count). The van der Waals surface area contributed by atoms with Crippen molar-refractivity contribution < 1.29 is 13.2 Å². The Morgan fingerprint density at radius 1 is 1.21 bits per heavy atom. The van der Waals surface area contributed by atoms with Gasteiger partial charge in [-0.1, -0.05) is 20.8 Å². The summed E-state index contributed by atoms with van der Waals surface area (Å²) >= 11 is 0. The minimum atomic E-state index is -3.13. The van der Waals surface area contributed by atoms with Crippen molar-refractivity contribution in [1.82, 2.24) is 19.8 Å². The summed E-state index contributed by atoms with van der Waals surface area (Å²) in [4.78, 5) is 7.24. The standard InChI is InChI=1S/C18H39N5O3S.HI/c1-6-19-18(20-9-8-10-23(7-2)27(5,24)25)21-15-17(16(3)4)22-11-13-26-14-12-22;/h16-17H,6-15H2,1-5H3,(H2,19,20,21);1H. The number of morpholine rings is 1. The Morgan fingerprint density at radius 2 is 1.86 bits per heavy atom. The van der Waals surface area contributed by atoms with Crippen molar-refractivity contribution in [3.8, 4) is 0 Å². The average Bonchev–Trinajstić information content (AvgIpc) is 2.61. The Hall–Kier alpha value is -0.170. The number of sulfonamides is 1. The van der Waals surface area contributed by atoms with Gasteiger partial charge in [0.25, 0.3) is 0 Å². The number of rotatable bonds is 11. The molecule has 1 aliphatic rings. The fourth-order valence-corrected chi connectivity index (χ4v) is 4.13. The molecule has 168 valence electrons. The highest BCUT2D eigenvalue weighted by Gasteiger charge is 2.23. The van der Waals surface area contributed by atoms with E-state index in [0.717, 1.165) is 51.8 Å². The smallest absolute Gasteiger partial charge is 0.211 e. The highest BCUT2D eigenvalue weighted by Crippen LogP contribution is 2.13. The Bertz CT molecular complexity index is 539. The van der Waals surface area contributed by atoms with Gasteiger partial charge >= 0.3 is 0 Å². The molecule has 0 spiro atoms. The molecule has 0 saturated carbocycles. The van der Waals surface area contributed by atoms with Crippen LogP contribution < -0.4 is 10.6 Å². The van der Waals surface area contributed by atoms with E-state index in [1.54, 1.807) is 0 Å². The molecule has 1 atom stereocenters. The molecular formula is C18H40IN5O3S. The van der Waals surface area contributed by atoms with E-state index in [-0.39, 0.29) is 24.0 Å². The van der Waals surface area contributed by atoms with Gasteiger partial charge in [-0.3, -0.25) is 9.89 Å². The number of halogens is 1. The summed E-state index contributed by atoms with van der Waals surface area (Å²) in [6.45, 7) is 15.1. The molecule has 0 aromatic rings. The third-order valence-electron chi connectivity index (χ3n) is 4.76. The van der Waals surface area contributed by atoms with Crippen LogP contribution in [0.3, 0.4) is 0 Å². The van der Waals surface area contributed by atoms with Crippen LogP contribution in [0.2, 0.25) is 0 Å². The highest BCUT2D eigenvalue weighted by atomic mass is 127. The maximum atomic E-state index is 11.6. The van der Waals surface area contributed by atoms with Gasteiger partial charge in [0.15, 0.2) is 5.96 Å². The summed E-state index contributed by atoms with van der Waals surface area (Å²) in [6, 6.07) is 0.394. The van der Waals surface area contributed by atoms with Crippen LogP contribution in [0.5, 0.6) is 0 Å². The number of aliphatic imine (C=N–C) groups is 1. The molecule has 0 aromatic carbocycles. The van der Waals surface area contributed by atoms with Crippen LogP contribution in [0.1, 0.15) is 34.1 Å². The number of hydrogen-bond donors (Lipinski definition) is 2. The first-order valence-corrected chi connectivity index (χ1v) is 11.9. The van der Waals surface area contributed by atoms with Crippen LogP contribution in [0.25, 0.3) is 0 Å². The second kappa shape index (κ2) is 14.8. The van der Waals surface area contributed by atoms with Gasteiger partial charge in [-0.15, -0.1) is 24.0 Å². The number of nitrogens with one attached hydrogen (secondary N) is 2. The fourth-order valence-electron chi connectivity index (χ4n) is 3.20. The van der Waals surface area contributed by atoms with Gasteiger partial charge in [0, 0.05) is 45.3 Å². The topological polar surface area (TPSA) is 86.3 Å². The molecule has 1 fully saturated rings. The molecule has 0 bridgehead atoms. The van der Waals surface area contributed by atoms with Crippen LogP contribution in [0.4, 0.5) is 0 Å². The van der Waals surface area contributed by atoms with E-state index in [1.165, 1.54) is 10.6 Å². The van der Waals surface area contributed by atoms with E-state index >= 15 is 0 Å². The Balaban J connectivity index is 0.00000729. The van der Waals surface area contributed by atoms with Gasteiger partial charge in [0.2, 0.25) is 10.0 Å². The van der Waals surface area contributed by atoms with Gasteiger partial charge in [0.1, 0.15) is 0 Å². The summed E-state index contributed by atoms with van der Waals surface area (Å²) in [6.07, 6.45) is 2.00. The van der Waals surface area contributed by atoms with Crippen molar-refractivity contribution in [3.63, 3.8) is 0 Å². The number of guanidine groups is 1. The monoisotopic (exact) mass is 533 g/mol. The van der Waals surface area contributed by atoms with Gasteiger partial charge < -0.3 is 15.4 Å². The Kier molecular flexibility index (Phi) is 14.7. The van der Waals surface area contributed by atoms with Crippen LogP contribution in [0.15, 0.2) is 4.99 Å². The number of ether oxygens (including phenoxy) is 1. The molecule has 10 heteroatoms. The van der Waals surface area contributed by atoms with E-state index in [9.17, 15) is 8.42 Å². The van der Waals surface area contributed by atoms with Gasteiger partial charge in [0.05, 0.1) is 26.0 Å². The molecule has 0 aliphatic carbocycles. The molecule has 0 amide bonds. The van der Waals surface area contributed by atoms with Crippen molar-refractivity contribution in [2.75, 3.05) is 65.3 Å². The van der Waals surface area contributed by atoms with Crippen molar-refractivity contribution >= 4 is 40.0 Å². The third kappa shape index (κ3) is 10.6. The normalized spacial score (nSPS) is 17.5. The summed E-state index contributed by atoms with van der Waals surface area (Å²) in [5.41, 5.74) is 0. The summed E-state index contributed by atoms with van der Waals surface area (Å²) in [5.74, 6) is 1.31. The van der Waals surface area contributed by atoms with E-state index in [1.807, 2.05) is 13.8 Å². The lowest BCUT2D eigenvalue weighted by Gasteiger charge is -2.36. The molecule has 2 N–H and O–H groups in total. The third-order valence-corrected chi connectivity index (χ3v) is 6.14. The van der Waals surface area contributed by atoms with Crippen molar-refractivity contribution in [2.45, 2.75) is 40.2 Å². The largest absolute Gasteiger partial charge is 0.379 e. The van der Waals surface area contributed by atoms with Crippen LogP contribution in [0, 0.1) is 5.92 Å². The molecule has 1 saturated heterocycles. The second-order valence-electron chi connectivity index (χ2n) is 7.21. The zero-order valence-corrected chi connectivity index (χ0v) is 21.3. The zero-order chi connectivity index (χ0) is 20.3. The highest BCUT2D eigenvalue weighted by molar-refractivity contribution is 14.0. The van der Waals surface area contributed by atoms with E-state index in [2.05, 4.69) is 29.4 Å². The van der Waals surface area contributed by atoms with Crippen molar-refractivity contribution in [1.29, 1.82) is 0 Å². The maximum absolute atomic E-state index is 11.6. The van der Waals surface area contributed by atoms with Crippen LogP contribution in [-0.2, 0) is 14.8 Å². The molecular weight excluding hydrogens is 493 g/mol. The van der Waals surface area contributed by atoms with Crippen molar-refractivity contribution in [2.24, 2.45) is 10.9 Å². The Labute approximate surface area is 188 Å². The summed E-state index contributed by atoms with van der Waals surface area (Å²) in [5, 5.41) is 6.60. The van der Waals surface area contributed by atoms with Crippen LogP contribution >= 0.6 is 24.0 Å². The maximum Gasteiger partial charge on any atom is 0.211 e. The molecule has 28 heavy (non-hydrogen) atoms. The fraction of sp³-hybridized carbons (Fsp3) is 0.944. The SMILES string of the molecule is CCNC(=NCC(C(C)C)N1CCOCC1)NCCCN(CC)S(C)(=O)=O.I.